The second kappa shape index (κ2) is 8.97. The maximum Gasteiger partial charge on any atom is 0.315 e. The van der Waals surface area contributed by atoms with Gasteiger partial charge in [-0.3, -0.25) is 4.90 Å². The minimum absolute atomic E-state index is 0.119. The van der Waals surface area contributed by atoms with Gasteiger partial charge in [0.05, 0.1) is 6.10 Å². The lowest BCUT2D eigenvalue weighted by Gasteiger charge is -2.32. The van der Waals surface area contributed by atoms with E-state index in [-0.39, 0.29) is 18.2 Å². The van der Waals surface area contributed by atoms with Crippen molar-refractivity contribution in [1.29, 1.82) is 0 Å². The highest BCUT2D eigenvalue weighted by molar-refractivity contribution is 5.74. The molecule has 2 amide bonds. The third kappa shape index (κ3) is 6.91. The van der Waals surface area contributed by atoms with Crippen LogP contribution in [0.3, 0.4) is 0 Å². The lowest BCUT2D eigenvalue weighted by atomic mass is 10.0. The Morgan fingerprint density at radius 2 is 2.10 bits per heavy atom. The van der Waals surface area contributed by atoms with Gasteiger partial charge in [0.1, 0.15) is 0 Å². The zero-order chi connectivity index (χ0) is 15.0. The molecule has 0 bridgehead atoms. The van der Waals surface area contributed by atoms with E-state index in [0.29, 0.717) is 13.0 Å². The van der Waals surface area contributed by atoms with Crippen molar-refractivity contribution in [2.75, 3.05) is 26.2 Å². The van der Waals surface area contributed by atoms with Crippen molar-refractivity contribution in [3.63, 3.8) is 0 Å². The molecule has 20 heavy (non-hydrogen) atoms. The molecule has 1 aliphatic heterocycles. The number of aliphatic hydroxyl groups excluding tert-OH is 1. The van der Waals surface area contributed by atoms with Gasteiger partial charge < -0.3 is 15.7 Å². The van der Waals surface area contributed by atoms with Gasteiger partial charge >= 0.3 is 6.03 Å². The minimum Gasteiger partial charge on any atom is -0.393 e. The lowest BCUT2D eigenvalue weighted by molar-refractivity contribution is 0.159. The monoisotopic (exact) mass is 283 g/mol. The van der Waals surface area contributed by atoms with Crippen LogP contribution in [0, 0.1) is 0 Å². The zero-order valence-electron chi connectivity index (χ0n) is 12.8. The second-order valence-electron chi connectivity index (χ2n) is 5.76. The standard InChI is InChI=1S/C15H29N3O2/c1-4-14(19)5-8-16-15(20)17-13-6-9-18(10-7-13)11-12(2)3/h13-14,19H,2,4-11H2,1,3H3,(H2,16,17,20). The number of carbonyl (C=O) groups is 1. The Morgan fingerprint density at radius 3 is 2.65 bits per heavy atom. The van der Waals surface area contributed by atoms with E-state index in [0.717, 1.165) is 38.9 Å². The van der Waals surface area contributed by atoms with Gasteiger partial charge in [-0.05, 0) is 32.6 Å². The van der Waals surface area contributed by atoms with Crippen molar-refractivity contribution >= 4 is 6.03 Å². The summed E-state index contributed by atoms with van der Waals surface area (Å²) in [6.07, 6.45) is 2.99. The summed E-state index contributed by atoms with van der Waals surface area (Å²) in [5.74, 6) is 0. The van der Waals surface area contributed by atoms with Crippen molar-refractivity contribution in [2.24, 2.45) is 0 Å². The van der Waals surface area contributed by atoms with Crippen LogP contribution in [0.25, 0.3) is 0 Å². The average molecular weight is 283 g/mol. The highest BCUT2D eigenvalue weighted by Crippen LogP contribution is 2.11. The molecule has 0 spiro atoms. The summed E-state index contributed by atoms with van der Waals surface area (Å²) in [6, 6.07) is 0.138. The fraction of sp³-hybridized carbons (Fsp3) is 0.800. The first-order valence-electron chi connectivity index (χ1n) is 7.60. The fourth-order valence-corrected chi connectivity index (χ4v) is 2.41. The van der Waals surface area contributed by atoms with Gasteiger partial charge in [-0.25, -0.2) is 4.79 Å². The van der Waals surface area contributed by atoms with E-state index in [2.05, 4.69) is 22.1 Å². The number of hydrogen-bond acceptors (Lipinski definition) is 3. The number of nitrogens with one attached hydrogen (secondary N) is 2. The summed E-state index contributed by atoms with van der Waals surface area (Å²) in [5.41, 5.74) is 1.18. The molecular weight excluding hydrogens is 254 g/mol. The predicted molar refractivity (Wildman–Crippen MR) is 81.7 cm³/mol. The maximum absolute atomic E-state index is 11.7. The third-order valence-corrected chi connectivity index (χ3v) is 3.65. The molecule has 0 radical (unpaired) electrons. The molecule has 1 fully saturated rings. The van der Waals surface area contributed by atoms with Gasteiger partial charge in [0, 0.05) is 32.2 Å². The topological polar surface area (TPSA) is 64.6 Å². The van der Waals surface area contributed by atoms with Crippen molar-refractivity contribution < 1.29 is 9.90 Å². The van der Waals surface area contributed by atoms with Crippen LogP contribution >= 0.6 is 0 Å². The van der Waals surface area contributed by atoms with Gasteiger partial charge in [0.25, 0.3) is 0 Å². The molecule has 3 N–H and O–H groups in total. The number of piperidine rings is 1. The first kappa shape index (κ1) is 17.0. The molecule has 0 aromatic rings. The van der Waals surface area contributed by atoms with Crippen LogP contribution in [0.4, 0.5) is 4.79 Å². The highest BCUT2D eigenvalue weighted by Gasteiger charge is 2.20. The molecule has 1 aliphatic rings. The second-order valence-corrected chi connectivity index (χ2v) is 5.76. The number of carbonyl (C=O) groups excluding carboxylic acids is 1. The quantitative estimate of drug-likeness (QED) is 0.620. The zero-order valence-corrected chi connectivity index (χ0v) is 12.8. The van der Waals surface area contributed by atoms with E-state index in [4.69, 9.17) is 0 Å². The molecule has 1 rings (SSSR count). The van der Waals surface area contributed by atoms with Crippen molar-refractivity contribution in [3.8, 4) is 0 Å². The predicted octanol–water partition coefficient (Wildman–Crippen LogP) is 1.49. The molecule has 1 atom stereocenters. The third-order valence-electron chi connectivity index (χ3n) is 3.65. The lowest BCUT2D eigenvalue weighted by Crippen LogP contribution is -2.48. The fourth-order valence-electron chi connectivity index (χ4n) is 2.41. The number of urea groups is 1. The van der Waals surface area contributed by atoms with Crippen LogP contribution in [0.2, 0.25) is 0 Å². The SMILES string of the molecule is C=C(C)CN1CCC(NC(=O)NCCC(O)CC)CC1. The first-order chi connectivity index (χ1) is 9.51. The highest BCUT2D eigenvalue weighted by atomic mass is 16.3. The van der Waals surface area contributed by atoms with E-state index in [9.17, 15) is 9.90 Å². The molecule has 5 heteroatoms. The molecule has 5 nitrogen and oxygen atoms in total. The van der Waals surface area contributed by atoms with Crippen molar-refractivity contribution in [2.45, 2.75) is 51.7 Å². The van der Waals surface area contributed by atoms with Crippen LogP contribution in [-0.2, 0) is 0 Å². The summed E-state index contributed by atoms with van der Waals surface area (Å²) < 4.78 is 0. The van der Waals surface area contributed by atoms with Gasteiger partial charge in [0.2, 0.25) is 0 Å². The van der Waals surface area contributed by atoms with Crippen LogP contribution in [-0.4, -0.2) is 54.4 Å². The number of amides is 2. The average Bonchev–Trinajstić information content (AvgIpc) is 2.40. The van der Waals surface area contributed by atoms with E-state index in [1.54, 1.807) is 0 Å². The number of hydrogen-bond donors (Lipinski definition) is 3. The summed E-state index contributed by atoms with van der Waals surface area (Å²) in [6.45, 7) is 11.4. The van der Waals surface area contributed by atoms with Gasteiger partial charge in [0.15, 0.2) is 0 Å². The van der Waals surface area contributed by atoms with Crippen molar-refractivity contribution in [3.05, 3.63) is 12.2 Å². The Hall–Kier alpha value is -1.07. The van der Waals surface area contributed by atoms with Crippen molar-refractivity contribution in [1.82, 2.24) is 15.5 Å². The molecule has 0 aromatic heterocycles. The minimum atomic E-state index is -0.319. The van der Waals surface area contributed by atoms with Crippen LogP contribution < -0.4 is 10.6 Å². The maximum atomic E-state index is 11.7. The Labute approximate surface area is 122 Å². The summed E-state index contributed by atoms with van der Waals surface area (Å²) >= 11 is 0. The van der Waals surface area contributed by atoms with E-state index in [1.807, 2.05) is 13.8 Å². The number of aliphatic hydroxyl groups is 1. The molecule has 116 valence electrons. The van der Waals surface area contributed by atoms with Crippen LogP contribution in [0.1, 0.15) is 39.5 Å². The van der Waals surface area contributed by atoms with Gasteiger partial charge in [-0.15, -0.1) is 0 Å². The molecule has 1 saturated heterocycles. The Balaban J connectivity index is 2.13. The Morgan fingerprint density at radius 1 is 1.45 bits per heavy atom. The van der Waals surface area contributed by atoms with E-state index < -0.39 is 0 Å². The summed E-state index contributed by atoms with van der Waals surface area (Å²) in [5, 5.41) is 15.2. The van der Waals surface area contributed by atoms with Gasteiger partial charge in [-0.1, -0.05) is 19.1 Å². The molecule has 1 heterocycles. The molecule has 0 saturated carbocycles. The Kier molecular flexibility index (Phi) is 7.62. The van der Waals surface area contributed by atoms with Gasteiger partial charge in [-0.2, -0.15) is 0 Å². The molecule has 1 unspecified atom stereocenters. The summed E-state index contributed by atoms with van der Waals surface area (Å²) in [7, 11) is 0. The van der Waals surface area contributed by atoms with Crippen LogP contribution in [0.5, 0.6) is 0 Å². The number of rotatable bonds is 7. The normalized spacial score (nSPS) is 18.6. The molecule has 0 aliphatic carbocycles. The number of nitrogens with zero attached hydrogens (tertiary/aromatic N) is 1. The number of likely N-dealkylation sites (tertiary alicyclic amines) is 1. The largest absolute Gasteiger partial charge is 0.393 e. The summed E-state index contributed by atoms with van der Waals surface area (Å²) in [4.78, 5) is 14.1. The first-order valence-corrected chi connectivity index (χ1v) is 7.60. The Bertz CT molecular complexity index is 312. The van der Waals surface area contributed by atoms with Crippen LogP contribution in [0.15, 0.2) is 12.2 Å². The molecule has 0 aromatic carbocycles. The van der Waals surface area contributed by atoms with E-state index >= 15 is 0 Å². The van der Waals surface area contributed by atoms with E-state index in [1.165, 1.54) is 5.57 Å². The molecular formula is C15H29N3O2. The smallest absolute Gasteiger partial charge is 0.315 e.